The zero-order chi connectivity index (χ0) is 27.4. The van der Waals surface area contributed by atoms with Gasteiger partial charge in [0.1, 0.15) is 5.75 Å². The number of nitrogens with zero attached hydrogens (tertiary/aromatic N) is 2. The lowest BCUT2D eigenvalue weighted by Crippen LogP contribution is -2.55. The lowest BCUT2D eigenvalue weighted by molar-refractivity contribution is -0.138. The van der Waals surface area contributed by atoms with Gasteiger partial charge in [-0.05, 0) is 55.7 Å². The Labute approximate surface area is 233 Å². The molecule has 1 atom stereocenters. The smallest absolute Gasteiger partial charge is 0.417 e. The number of hydrogen-bond acceptors (Lipinski definition) is 4. The lowest BCUT2D eigenvalue weighted by atomic mass is 9.98. The van der Waals surface area contributed by atoms with Gasteiger partial charge in [0.25, 0.3) is 5.91 Å². The van der Waals surface area contributed by atoms with Gasteiger partial charge in [0, 0.05) is 47.5 Å². The number of carbonyl (C=O) groups excluding carboxylic acids is 1. The van der Waals surface area contributed by atoms with Gasteiger partial charge < -0.3 is 20.7 Å². The summed E-state index contributed by atoms with van der Waals surface area (Å²) in [5.74, 6) is 0.204. The first-order valence-corrected chi connectivity index (χ1v) is 13.3. The van der Waals surface area contributed by atoms with Crippen molar-refractivity contribution < 1.29 is 22.7 Å². The Morgan fingerprint density at radius 3 is 2.41 bits per heavy atom. The van der Waals surface area contributed by atoms with Crippen LogP contribution in [0.1, 0.15) is 48.2 Å². The molecule has 1 heterocycles. The van der Waals surface area contributed by atoms with Crippen molar-refractivity contribution >= 4 is 23.2 Å². The molecule has 0 aliphatic carbocycles. The summed E-state index contributed by atoms with van der Waals surface area (Å²) in [4.78, 5) is 17.0. The first-order chi connectivity index (χ1) is 18.2. The van der Waals surface area contributed by atoms with Crippen molar-refractivity contribution in [2.45, 2.75) is 45.8 Å². The van der Waals surface area contributed by atoms with Crippen molar-refractivity contribution in [2.75, 3.05) is 31.1 Å². The Kier molecular flexibility index (Phi) is 9.91. The summed E-state index contributed by atoms with van der Waals surface area (Å²) in [6.07, 6.45) is -3.07. The van der Waals surface area contributed by atoms with Crippen LogP contribution in [-0.4, -0.2) is 43.1 Å². The van der Waals surface area contributed by atoms with Crippen molar-refractivity contribution in [2.24, 2.45) is 0 Å². The van der Waals surface area contributed by atoms with Gasteiger partial charge in [0.05, 0.1) is 17.7 Å². The molecule has 0 aromatic heterocycles. The van der Waals surface area contributed by atoms with Gasteiger partial charge >= 0.3 is 6.18 Å². The molecule has 0 radical (unpaired) electrons. The van der Waals surface area contributed by atoms with E-state index in [1.54, 1.807) is 0 Å². The number of ether oxygens (including phenoxy) is 1. The van der Waals surface area contributed by atoms with Gasteiger partial charge in [0.15, 0.2) is 0 Å². The molecule has 0 spiro atoms. The second-order valence-corrected chi connectivity index (χ2v) is 9.93. The van der Waals surface area contributed by atoms with Crippen LogP contribution in [-0.2, 0) is 6.18 Å². The first-order valence-electron chi connectivity index (χ1n) is 12.9. The van der Waals surface area contributed by atoms with E-state index in [1.807, 2.05) is 32.0 Å². The SMILES string of the molecule is CCCOc1c(-c2ccccc2)ccc(N2CCN(C(=O)c3ccc(Cl)cc3C(F)(F)F)C[C@H]2CC)c1C.N. The fourth-order valence-electron chi connectivity index (χ4n) is 5.04. The Hall–Kier alpha value is -3.23. The maximum Gasteiger partial charge on any atom is 0.417 e. The number of piperazine rings is 1. The fraction of sp³-hybridized carbons (Fsp3) is 0.367. The molecule has 1 fully saturated rings. The minimum absolute atomic E-state index is 0. The van der Waals surface area contributed by atoms with Crippen LogP contribution < -0.4 is 15.8 Å². The highest BCUT2D eigenvalue weighted by atomic mass is 35.5. The summed E-state index contributed by atoms with van der Waals surface area (Å²) in [5.41, 5.74) is 2.73. The molecule has 39 heavy (non-hydrogen) atoms. The van der Waals surface area contributed by atoms with Crippen LogP contribution >= 0.6 is 11.6 Å². The number of benzene rings is 3. The van der Waals surface area contributed by atoms with E-state index in [-0.39, 0.29) is 22.8 Å². The molecular weight excluding hydrogens is 527 g/mol. The average Bonchev–Trinajstić information content (AvgIpc) is 2.91. The number of anilines is 1. The minimum Gasteiger partial charge on any atom is -0.493 e. The van der Waals surface area contributed by atoms with E-state index in [9.17, 15) is 18.0 Å². The van der Waals surface area contributed by atoms with Gasteiger partial charge in [-0.2, -0.15) is 13.2 Å². The number of alkyl halides is 3. The maximum atomic E-state index is 13.7. The third kappa shape index (κ3) is 6.50. The summed E-state index contributed by atoms with van der Waals surface area (Å²) in [6, 6.07) is 17.5. The molecule has 9 heteroatoms. The van der Waals surface area contributed by atoms with Gasteiger partial charge in [-0.3, -0.25) is 4.79 Å². The van der Waals surface area contributed by atoms with Crippen molar-refractivity contribution in [1.29, 1.82) is 0 Å². The Balaban J connectivity index is 0.00000420. The molecular formula is C30H35ClF3N3O2. The molecule has 0 unspecified atom stereocenters. The monoisotopic (exact) mass is 561 g/mol. The standard InChI is InChI=1S/C30H32ClF3N2O2.H3N/c1-4-17-38-28-20(3)27(14-13-24(28)21-9-7-6-8-10-21)36-16-15-35(19-23(36)5-2)29(37)25-12-11-22(31)18-26(25)30(32,33)34;/h6-14,18,23H,4-5,15-17,19H2,1-3H3;1H3/t23-;/m1./s1. The second-order valence-electron chi connectivity index (χ2n) is 9.50. The van der Waals surface area contributed by atoms with E-state index < -0.39 is 17.6 Å². The van der Waals surface area contributed by atoms with Crippen LogP contribution in [0.15, 0.2) is 60.7 Å². The molecule has 1 aliphatic heterocycles. The summed E-state index contributed by atoms with van der Waals surface area (Å²) >= 11 is 5.81. The van der Waals surface area contributed by atoms with E-state index in [1.165, 1.54) is 17.0 Å². The van der Waals surface area contributed by atoms with E-state index >= 15 is 0 Å². The molecule has 1 saturated heterocycles. The highest BCUT2D eigenvalue weighted by molar-refractivity contribution is 6.30. The molecule has 1 amide bonds. The highest BCUT2D eigenvalue weighted by Gasteiger charge is 2.38. The van der Waals surface area contributed by atoms with E-state index in [2.05, 4.69) is 36.1 Å². The Morgan fingerprint density at radius 2 is 1.77 bits per heavy atom. The number of hydrogen-bond donors (Lipinski definition) is 1. The molecule has 0 saturated carbocycles. The van der Waals surface area contributed by atoms with Gasteiger partial charge in [-0.25, -0.2) is 0 Å². The first kappa shape index (κ1) is 30.3. The van der Waals surface area contributed by atoms with Gasteiger partial charge in [-0.1, -0.05) is 55.8 Å². The van der Waals surface area contributed by atoms with E-state index in [0.29, 0.717) is 26.2 Å². The summed E-state index contributed by atoms with van der Waals surface area (Å²) in [6.45, 7) is 7.85. The molecule has 3 N–H and O–H groups in total. The van der Waals surface area contributed by atoms with Gasteiger partial charge in [0.2, 0.25) is 0 Å². The van der Waals surface area contributed by atoms with Crippen LogP contribution in [0.25, 0.3) is 11.1 Å². The summed E-state index contributed by atoms with van der Waals surface area (Å²) in [7, 11) is 0. The molecule has 1 aliphatic rings. The lowest BCUT2D eigenvalue weighted by Gasteiger charge is -2.43. The topological polar surface area (TPSA) is 67.8 Å². The highest BCUT2D eigenvalue weighted by Crippen LogP contribution is 2.40. The zero-order valence-corrected chi connectivity index (χ0v) is 23.3. The number of halogens is 4. The zero-order valence-electron chi connectivity index (χ0n) is 22.5. The van der Waals surface area contributed by atoms with Crippen LogP contribution in [0.4, 0.5) is 18.9 Å². The third-order valence-electron chi connectivity index (χ3n) is 6.98. The van der Waals surface area contributed by atoms with Crippen LogP contribution in [0.2, 0.25) is 5.02 Å². The van der Waals surface area contributed by atoms with E-state index in [0.717, 1.165) is 47.0 Å². The quantitative estimate of drug-likeness (QED) is 0.317. The van der Waals surface area contributed by atoms with Crippen molar-refractivity contribution in [3.8, 4) is 16.9 Å². The molecule has 4 rings (SSSR count). The fourth-order valence-corrected chi connectivity index (χ4v) is 5.21. The number of rotatable bonds is 7. The van der Waals surface area contributed by atoms with Crippen LogP contribution in [0.3, 0.4) is 0 Å². The van der Waals surface area contributed by atoms with E-state index in [4.69, 9.17) is 16.3 Å². The Bertz CT molecular complexity index is 1280. The molecule has 3 aromatic carbocycles. The third-order valence-corrected chi connectivity index (χ3v) is 7.22. The predicted molar refractivity (Wildman–Crippen MR) is 151 cm³/mol. The molecule has 3 aromatic rings. The largest absolute Gasteiger partial charge is 0.493 e. The average molecular weight is 562 g/mol. The normalized spacial score (nSPS) is 15.6. The van der Waals surface area contributed by atoms with Crippen LogP contribution in [0, 0.1) is 6.92 Å². The second kappa shape index (κ2) is 12.7. The van der Waals surface area contributed by atoms with Crippen molar-refractivity contribution in [3.63, 3.8) is 0 Å². The van der Waals surface area contributed by atoms with Crippen LogP contribution in [0.5, 0.6) is 5.75 Å². The molecule has 210 valence electrons. The molecule has 0 bridgehead atoms. The number of amides is 1. The van der Waals surface area contributed by atoms with Crippen molar-refractivity contribution in [1.82, 2.24) is 11.1 Å². The maximum absolute atomic E-state index is 13.7. The van der Waals surface area contributed by atoms with Crippen molar-refractivity contribution in [3.05, 3.63) is 82.4 Å². The summed E-state index contributed by atoms with van der Waals surface area (Å²) < 4.78 is 47.2. The Morgan fingerprint density at radius 1 is 1.05 bits per heavy atom. The number of carbonyl (C=O) groups is 1. The predicted octanol–water partition coefficient (Wildman–Crippen LogP) is 8.03. The van der Waals surface area contributed by atoms with Gasteiger partial charge in [-0.15, -0.1) is 0 Å². The summed E-state index contributed by atoms with van der Waals surface area (Å²) in [5, 5.41) is -0.0550. The minimum atomic E-state index is -4.67. The molecule has 5 nitrogen and oxygen atoms in total.